The fourth-order valence-electron chi connectivity index (χ4n) is 4.15. The van der Waals surface area contributed by atoms with Crippen LogP contribution in [0.2, 0.25) is 5.02 Å². The Morgan fingerprint density at radius 3 is 2.79 bits per heavy atom. The highest BCUT2D eigenvalue weighted by molar-refractivity contribution is 7.99. The van der Waals surface area contributed by atoms with Crippen LogP contribution in [0.1, 0.15) is 39.1 Å². The van der Waals surface area contributed by atoms with Crippen molar-refractivity contribution in [2.45, 2.75) is 35.3 Å². The van der Waals surface area contributed by atoms with Gasteiger partial charge in [0, 0.05) is 33.5 Å². The van der Waals surface area contributed by atoms with Gasteiger partial charge in [-0.1, -0.05) is 41.6 Å². The van der Waals surface area contributed by atoms with Gasteiger partial charge in [-0.3, -0.25) is 9.59 Å². The summed E-state index contributed by atoms with van der Waals surface area (Å²) in [7, 11) is 0. The van der Waals surface area contributed by atoms with Gasteiger partial charge in [-0.25, -0.2) is 4.39 Å². The molecule has 34 heavy (non-hydrogen) atoms. The second-order valence-electron chi connectivity index (χ2n) is 8.25. The molecule has 8 heteroatoms. The summed E-state index contributed by atoms with van der Waals surface area (Å²) in [6.07, 6.45) is 1.97. The third kappa shape index (κ3) is 4.69. The Balaban J connectivity index is 1.51. The lowest BCUT2D eigenvalue weighted by Gasteiger charge is -2.24. The lowest BCUT2D eigenvalue weighted by Crippen LogP contribution is -2.33. The van der Waals surface area contributed by atoms with Gasteiger partial charge in [-0.2, -0.15) is 0 Å². The van der Waals surface area contributed by atoms with Crippen LogP contribution < -0.4 is 10.2 Å². The molecule has 0 spiro atoms. The molecule has 0 unspecified atom stereocenters. The number of nitrogens with one attached hydrogen (secondary N) is 1. The highest BCUT2D eigenvalue weighted by Crippen LogP contribution is 2.42. The van der Waals surface area contributed by atoms with E-state index in [2.05, 4.69) is 5.32 Å². The van der Waals surface area contributed by atoms with Crippen LogP contribution in [0.4, 0.5) is 10.1 Å². The lowest BCUT2D eigenvalue weighted by molar-refractivity contribution is 0.0857. The van der Waals surface area contributed by atoms with Crippen LogP contribution in [0.3, 0.4) is 0 Å². The Bertz CT molecular complexity index is 1260. The molecule has 0 bridgehead atoms. The van der Waals surface area contributed by atoms with E-state index in [1.165, 1.54) is 23.9 Å². The number of nitrogens with zero attached hydrogens (tertiary/aromatic N) is 1. The molecule has 1 saturated heterocycles. The van der Waals surface area contributed by atoms with E-state index in [0.717, 1.165) is 29.2 Å². The summed E-state index contributed by atoms with van der Waals surface area (Å²) < 4.78 is 19.2. The second-order valence-corrected chi connectivity index (χ2v) is 9.74. The molecular weight excluding hydrogens is 475 g/mol. The van der Waals surface area contributed by atoms with E-state index in [0.29, 0.717) is 28.9 Å². The summed E-state index contributed by atoms with van der Waals surface area (Å²) in [5, 5.41) is 3.18. The average Bonchev–Trinajstić information content (AvgIpc) is 3.32. The maximum Gasteiger partial charge on any atom is 0.259 e. The van der Waals surface area contributed by atoms with Crippen molar-refractivity contribution in [3.63, 3.8) is 0 Å². The topological polar surface area (TPSA) is 58.6 Å². The van der Waals surface area contributed by atoms with Crippen molar-refractivity contribution < 1.29 is 18.7 Å². The molecular formula is C26H22ClFN2O3S. The first kappa shape index (κ1) is 22.9. The zero-order valence-electron chi connectivity index (χ0n) is 18.2. The monoisotopic (exact) mass is 496 g/mol. The third-order valence-electron chi connectivity index (χ3n) is 5.95. The molecule has 3 aromatic carbocycles. The zero-order chi connectivity index (χ0) is 23.7. The standard InChI is InChI=1S/C26H22ClFN2O3S/c27-21-13-18(28)9-7-17(21)15-30-22-12-16(25(31)29-14-19-4-3-11-33-19)8-10-24(22)34-23-6-2-1-5-20(23)26(30)32/h1-2,5-10,12-13,19H,3-4,11,14-15H2,(H,29,31)/t19-/m0/s1. The molecule has 2 amide bonds. The minimum Gasteiger partial charge on any atom is -0.376 e. The van der Waals surface area contributed by atoms with Gasteiger partial charge in [0.05, 0.1) is 23.9 Å². The molecule has 0 radical (unpaired) electrons. The molecule has 1 atom stereocenters. The Hall–Kier alpha value is -2.87. The van der Waals surface area contributed by atoms with Gasteiger partial charge in [0.2, 0.25) is 0 Å². The van der Waals surface area contributed by atoms with Gasteiger partial charge in [0.1, 0.15) is 5.82 Å². The molecule has 2 aliphatic heterocycles. The summed E-state index contributed by atoms with van der Waals surface area (Å²) in [5.74, 6) is -0.876. The molecule has 5 nitrogen and oxygen atoms in total. The van der Waals surface area contributed by atoms with Crippen LogP contribution in [0.5, 0.6) is 0 Å². The smallest absolute Gasteiger partial charge is 0.259 e. The van der Waals surface area contributed by atoms with Gasteiger partial charge in [0.25, 0.3) is 11.8 Å². The number of rotatable bonds is 5. The summed E-state index contributed by atoms with van der Waals surface area (Å²) in [5.41, 5.74) is 2.23. The van der Waals surface area contributed by atoms with Gasteiger partial charge in [-0.15, -0.1) is 0 Å². The Labute approximate surface area is 206 Å². The van der Waals surface area contributed by atoms with Crippen LogP contribution in [0, 0.1) is 5.82 Å². The van der Waals surface area contributed by atoms with E-state index in [4.69, 9.17) is 16.3 Å². The number of carbonyl (C=O) groups is 2. The Morgan fingerprint density at radius 2 is 2.00 bits per heavy atom. The number of amides is 2. The van der Waals surface area contributed by atoms with E-state index in [1.807, 2.05) is 24.3 Å². The normalized spacial score (nSPS) is 17.2. The number of benzene rings is 3. The van der Waals surface area contributed by atoms with Crippen molar-refractivity contribution in [3.8, 4) is 0 Å². The Morgan fingerprint density at radius 1 is 1.15 bits per heavy atom. The maximum atomic E-state index is 13.6. The van der Waals surface area contributed by atoms with Crippen LogP contribution >= 0.6 is 23.4 Å². The van der Waals surface area contributed by atoms with Gasteiger partial charge in [-0.05, 0) is 60.9 Å². The molecule has 2 aliphatic rings. The average molecular weight is 497 g/mol. The molecule has 174 valence electrons. The zero-order valence-corrected chi connectivity index (χ0v) is 19.8. The number of hydrogen-bond acceptors (Lipinski definition) is 4. The number of carbonyl (C=O) groups excluding carboxylic acids is 2. The van der Waals surface area contributed by atoms with Crippen LogP contribution in [0.15, 0.2) is 70.5 Å². The summed E-state index contributed by atoms with van der Waals surface area (Å²) in [4.78, 5) is 29.8. The number of fused-ring (bicyclic) bond motifs is 2. The fraction of sp³-hybridized carbons (Fsp3) is 0.231. The maximum absolute atomic E-state index is 13.6. The lowest BCUT2D eigenvalue weighted by atomic mass is 10.1. The highest BCUT2D eigenvalue weighted by atomic mass is 35.5. The molecule has 2 heterocycles. The predicted octanol–water partition coefficient (Wildman–Crippen LogP) is 5.70. The minimum absolute atomic E-state index is 0.0357. The molecule has 3 aromatic rings. The third-order valence-corrected chi connectivity index (χ3v) is 7.45. The van der Waals surface area contributed by atoms with Crippen molar-refractivity contribution >= 4 is 40.9 Å². The summed E-state index contributed by atoms with van der Waals surface area (Å²) in [6.45, 7) is 1.31. The first-order chi connectivity index (χ1) is 16.5. The summed E-state index contributed by atoms with van der Waals surface area (Å²) >= 11 is 7.77. The van der Waals surface area contributed by atoms with Crippen molar-refractivity contribution in [3.05, 3.63) is 88.2 Å². The van der Waals surface area contributed by atoms with E-state index in [9.17, 15) is 14.0 Å². The fourth-order valence-corrected chi connectivity index (χ4v) is 5.44. The van der Waals surface area contributed by atoms with E-state index >= 15 is 0 Å². The second kappa shape index (κ2) is 9.78. The van der Waals surface area contributed by atoms with Gasteiger partial charge in [0.15, 0.2) is 0 Å². The van der Waals surface area contributed by atoms with E-state index in [-0.39, 0.29) is 29.5 Å². The molecule has 0 aliphatic carbocycles. The molecule has 0 saturated carbocycles. The number of anilines is 1. The van der Waals surface area contributed by atoms with Crippen LogP contribution in [-0.2, 0) is 11.3 Å². The van der Waals surface area contributed by atoms with Crippen LogP contribution in [-0.4, -0.2) is 31.1 Å². The number of hydrogen-bond donors (Lipinski definition) is 1. The van der Waals surface area contributed by atoms with Crippen molar-refractivity contribution in [2.24, 2.45) is 0 Å². The van der Waals surface area contributed by atoms with Crippen LogP contribution in [0.25, 0.3) is 0 Å². The number of ether oxygens (including phenoxy) is 1. The van der Waals surface area contributed by atoms with Crippen molar-refractivity contribution in [1.82, 2.24) is 5.32 Å². The minimum atomic E-state index is -0.442. The molecule has 1 fully saturated rings. The van der Waals surface area contributed by atoms with Crippen molar-refractivity contribution in [2.75, 3.05) is 18.1 Å². The molecule has 0 aromatic heterocycles. The first-order valence-corrected chi connectivity index (χ1v) is 12.3. The Kier molecular flexibility index (Phi) is 6.59. The highest BCUT2D eigenvalue weighted by Gasteiger charge is 2.29. The van der Waals surface area contributed by atoms with Gasteiger partial charge < -0.3 is 15.0 Å². The van der Waals surface area contributed by atoms with E-state index < -0.39 is 5.82 Å². The van der Waals surface area contributed by atoms with Crippen molar-refractivity contribution in [1.29, 1.82) is 0 Å². The molecule has 5 rings (SSSR count). The first-order valence-electron chi connectivity index (χ1n) is 11.1. The number of halogens is 2. The quantitative estimate of drug-likeness (QED) is 0.492. The largest absolute Gasteiger partial charge is 0.376 e. The molecule has 1 N–H and O–H groups in total. The van der Waals surface area contributed by atoms with E-state index in [1.54, 1.807) is 29.2 Å². The van der Waals surface area contributed by atoms with Gasteiger partial charge >= 0.3 is 0 Å². The summed E-state index contributed by atoms with van der Waals surface area (Å²) in [6, 6.07) is 16.9. The predicted molar refractivity (Wildman–Crippen MR) is 130 cm³/mol. The SMILES string of the molecule is O=C(NC[C@@H]1CCCO1)c1ccc2c(c1)N(Cc1ccc(F)cc1Cl)C(=O)c1ccccc1S2.